The maximum atomic E-state index is 12.8. The lowest BCUT2D eigenvalue weighted by molar-refractivity contribution is -0.139. The van der Waals surface area contributed by atoms with Gasteiger partial charge in [0, 0.05) is 50.2 Å². The van der Waals surface area contributed by atoms with Crippen molar-refractivity contribution in [1.29, 1.82) is 5.26 Å². The van der Waals surface area contributed by atoms with Crippen molar-refractivity contribution in [2.75, 3.05) is 38.1 Å². The number of carbonyl (C=O) groups is 3. The van der Waals surface area contributed by atoms with E-state index >= 15 is 0 Å². The second-order valence-electron chi connectivity index (χ2n) is 8.45. The van der Waals surface area contributed by atoms with Gasteiger partial charge in [-0.1, -0.05) is 0 Å². The van der Waals surface area contributed by atoms with Gasteiger partial charge in [0.1, 0.15) is 18.0 Å². The Kier molecular flexibility index (Phi) is 7.03. The minimum Gasteiger partial charge on any atom is -0.484 e. The van der Waals surface area contributed by atoms with Crippen molar-refractivity contribution >= 4 is 46.7 Å². The summed E-state index contributed by atoms with van der Waals surface area (Å²) < 4.78 is 5.73. The smallest absolute Gasteiger partial charge is 0.260 e. The molecular weight excluding hydrogens is 484 g/mol. The molecule has 0 radical (unpaired) electrons. The topological polar surface area (TPSA) is 129 Å². The third-order valence-electron chi connectivity index (χ3n) is 6.36. The number of nitriles is 1. The van der Waals surface area contributed by atoms with Crippen LogP contribution in [0.15, 0.2) is 42.7 Å². The van der Waals surface area contributed by atoms with E-state index in [0.29, 0.717) is 65.3 Å². The van der Waals surface area contributed by atoms with Gasteiger partial charge in [0.2, 0.25) is 11.8 Å². The van der Waals surface area contributed by atoms with Crippen LogP contribution in [0, 0.1) is 11.3 Å². The van der Waals surface area contributed by atoms with Crippen molar-refractivity contribution in [3.63, 3.8) is 0 Å². The molecule has 5 rings (SSSR count). The highest BCUT2D eigenvalue weighted by Crippen LogP contribution is 2.39. The molecule has 3 aromatic rings. The average molecular weight is 507 g/mol. The highest BCUT2D eigenvalue weighted by Gasteiger charge is 2.34. The number of anilines is 1. The number of aromatic nitrogens is 2. The second-order valence-corrected chi connectivity index (χ2v) is 8.45. The minimum absolute atomic E-state index is 0. The lowest BCUT2D eigenvalue weighted by atomic mass is 9.93. The molecule has 3 heterocycles. The lowest BCUT2D eigenvalue weighted by Crippen LogP contribution is -2.51. The van der Waals surface area contributed by atoms with Crippen molar-refractivity contribution in [2.45, 2.75) is 12.8 Å². The molecule has 2 aromatic carbocycles. The number of nitrogens with one attached hydrogen (secondary N) is 1. The van der Waals surface area contributed by atoms with E-state index < -0.39 is 5.92 Å². The van der Waals surface area contributed by atoms with Crippen LogP contribution in [0.2, 0.25) is 0 Å². The van der Waals surface area contributed by atoms with E-state index in [1.165, 1.54) is 13.3 Å². The first kappa shape index (κ1) is 24.9. The Balaban J connectivity index is 0.00000304. The summed E-state index contributed by atoms with van der Waals surface area (Å²) in [6.07, 6.45) is 1.39. The number of rotatable bonds is 4. The number of ether oxygens (including phenoxy) is 1. The summed E-state index contributed by atoms with van der Waals surface area (Å²) in [7, 11) is 0. The molecular formula is C25H23ClN6O4. The summed E-state index contributed by atoms with van der Waals surface area (Å²) in [6.45, 7) is 3.40. The molecule has 0 aliphatic carbocycles. The zero-order valence-electron chi connectivity index (χ0n) is 19.4. The Hall–Kier alpha value is -4.23. The van der Waals surface area contributed by atoms with Crippen LogP contribution in [0.4, 0.5) is 5.69 Å². The Bertz CT molecular complexity index is 1400. The summed E-state index contributed by atoms with van der Waals surface area (Å²) >= 11 is 0. The fourth-order valence-corrected chi connectivity index (χ4v) is 4.49. The molecule has 11 heteroatoms. The third kappa shape index (κ3) is 4.65. The molecule has 1 unspecified atom stereocenters. The van der Waals surface area contributed by atoms with E-state index in [-0.39, 0.29) is 36.7 Å². The molecule has 3 amide bonds. The predicted molar refractivity (Wildman–Crippen MR) is 133 cm³/mol. The lowest BCUT2D eigenvalue weighted by Gasteiger charge is -2.34. The van der Waals surface area contributed by atoms with E-state index in [2.05, 4.69) is 21.4 Å². The van der Waals surface area contributed by atoms with Crippen LogP contribution in [0.25, 0.3) is 10.9 Å². The zero-order valence-corrected chi connectivity index (χ0v) is 20.2. The van der Waals surface area contributed by atoms with Crippen LogP contribution in [0.5, 0.6) is 5.75 Å². The van der Waals surface area contributed by atoms with Crippen LogP contribution >= 0.6 is 12.4 Å². The number of piperazine rings is 1. The number of carbonyl (C=O) groups excluding carboxylic acids is 3. The first-order valence-corrected chi connectivity index (χ1v) is 11.2. The average Bonchev–Trinajstić information content (AvgIpc) is 3.21. The van der Waals surface area contributed by atoms with Gasteiger partial charge in [-0.2, -0.15) is 5.26 Å². The molecule has 1 saturated heterocycles. The molecule has 0 saturated carbocycles. The van der Waals surface area contributed by atoms with Crippen molar-refractivity contribution in [3.8, 4) is 11.8 Å². The first-order valence-electron chi connectivity index (χ1n) is 11.2. The quantitative estimate of drug-likeness (QED) is 0.573. The summed E-state index contributed by atoms with van der Waals surface area (Å²) in [5, 5.41) is 12.8. The first-order chi connectivity index (χ1) is 16.9. The van der Waals surface area contributed by atoms with E-state index in [1.54, 1.807) is 46.2 Å². The monoisotopic (exact) mass is 506 g/mol. The normalized spacial score (nSPS) is 16.6. The standard InChI is InChI=1S/C25H22N6O4.ClH/c1-15(32)30-6-8-31(9-7-30)22(33)13-35-17-3-4-18-21(11-17)27-14-28-24(18)23-19-10-16(12-26)2-5-20(19)29-25(23)34;/h2-5,10-11,14,23H,6-9,13H2,1H3,(H,29,34);1H. The molecule has 10 nitrogen and oxygen atoms in total. The summed E-state index contributed by atoms with van der Waals surface area (Å²) in [4.78, 5) is 48.9. The van der Waals surface area contributed by atoms with Gasteiger partial charge in [-0.15, -0.1) is 12.4 Å². The molecule has 1 aromatic heterocycles. The summed E-state index contributed by atoms with van der Waals surface area (Å²) in [6, 6.07) is 12.4. The highest BCUT2D eigenvalue weighted by molar-refractivity contribution is 6.06. The van der Waals surface area contributed by atoms with Gasteiger partial charge in [0.25, 0.3) is 5.91 Å². The van der Waals surface area contributed by atoms with Crippen LogP contribution in [-0.4, -0.2) is 70.3 Å². The van der Waals surface area contributed by atoms with Crippen LogP contribution in [0.3, 0.4) is 0 Å². The highest BCUT2D eigenvalue weighted by atomic mass is 35.5. The van der Waals surface area contributed by atoms with Gasteiger partial charge in [-0.25, -0.2) is 9.97 Å². The van der Waals surface area contributed by atoms with E-state index in [4.69, 9.17) is 4.74 Å². The SMILES string of the molecule is CC(=O)N1CCN(C(=O)COc2ccc3c(C4C(=O)Nc5ccc(C#N)cc54)ncnc3c2)CC1.Cl. The van der Waals surface area contributed by atoms with Gasteiger partial charge < -0.3 is 19.9 Å². The van der Waals surface area contributed by atoms with Crippen molar-refractivity contribution in [3.05, 3.63) is 59.5 Å². The Morgan fingerprint density at radius 1 is 1.11 bits per heavy atom. The molecule has 0 bridgehead atoms. The summed E-state index contributed by atoms with van der Waals surface area (Å²) in [5.74, 6) is -0.545. The molecule has 1 fully saturated rings. The van der Waals surface area contributed by atoms with Crippen LogP contribution < -0.4 is 10.1 Å². The zero-order chi connectivity index (χ0) is 24.5. The minimum atomic E-state index is -0.661. The number of nitrogens with zero attached hydrogens (tertiary/aromatic N) is 5. The Labute approximate surface area is 213 Å². The maximum Gasteiger partial charge on any atom is 0.260 e. The number of hydrogen-bond acceptors (Lipinski definition) is 7. The van der Waals surface area contributed by atoms with Gasteiger partial charge >= 0.3 is 0 Å². The van der Waals surface area contributed by atoms with Gasteiger partial charge in [-0.05, 0) is 35.9 Å². The van der Waals surface area contributed by atoms with Crippen molar-refractivity contribution in [2.24, 2.45) is 0 Å². The van der Waals surface area contributed by atoms with Gasteiger partial charge in [-0.3, -0.25) is 14.4 Å². The molecule has 36 heavy (non-hydrogen) atoms. The molecule has 2 aliphatic rings. The number of amides is 3. The molecule has 2 aliphatic heterocycles. The number of benzene rings is 2. The summed E-state index contributed by atoms with van der Waals surface area (Å²) in [5.41, 5.74) is 2.94. The number of fused-ring (bicyclic) bond motifs is 2. The molecule has 0 spiro atoms. The molecule has 1 atom stereocenters. The van der Waals surface area contributed by atoms with E-state index in [9.17, 15) is 19.6 Å². The van der Waals surface area contributed by atoms with Crippen LogP contribution in [-0.2, 0) is 14.4 Å². The van der Waals surface area contributed by atoms with Crippen molar-refractivity contribution < 1.29 is 19.1 Å². The fraction of sp³-hybridized carbons (Fsp3) is 0.280. The maximum absolute atomic E-state index is 12.8. The third-order valence-corrected chi connectivity index (χ3v) is 6.36. The van der Waals surface area contributed by atoms with Gasteiger partial charge in [0.15, 0.2) is 6.61 Å². The predicted octanol–water partition coefficient (Wildman–Crippen LogP) is 2.08. The molecule has 184 valence electrons. The Morgan fingerprint density at radius 3 is 2.58 bits per heavy atom. The van der Waals surface area contributed by atoms with E-state index in [0.717, 1.165) is 0 Å². The van der Waals surface area contributed by atoms with Crippen molar-refractivity contribution in [1.82, 2.24) is 19.8 Å². The van der Waals surface area contributed by atoms with Crippen LogP contribution in [0.1, 0.15) is 29.7 Å². The largest absolute Gasteiger partial charge is 0.484 e. The number of halogens is 1. The van der Waals surface area contributed by atoms with Gasteiger partial charge in [0.05, 0.1) is 22.8 Å². The number of hydrogen-bond donors (Lipinski definition) is 1. The second kappa shape index (κ2) is 10.2. The van der Waals surface area contributed by atoms with E-state index in [1.807, 2.05) is 0 Å². The Morgan fingerprint density at radius 2 is 1.86 bits per heavy atom. The molecule has 1 N–H and O–H groups in total. The fourth-order valence-electron chi connectivity index (χ4n) is 4.49.